The summed E-state index contributed by atoms with van der Waals surface area (Å²) in [5.41, 5.74) is 1.68. The van der Waals surface area contributed by atoms with E-state index in [-0.39, 0.29) is 5.78 Å². The number of thiophene rings is 4. The molecule has 0 bridgehead atoms. The average molecular weight is 831 g/mol. The predicted molar refractivity (Wildman–Crippen MR) is 256 cm³/mol. The van der Waals surface area contributed by atoms with Gasteiger partial charge in [-0.3, -0.25) is 4.79 Å². The fourth-order valence-electron chi connectivity index (χ4n) is 4.76. The SMILES string of the molecule is C#CC#CC#CC#CC#CC#CC#CC#CC#Cc1c2cc(-c3sc(C)c4sc(C(C)=O)cc34)sc2c(C#CC#CC#CC#CC#CC#CC#CC#CC#C)c2cc(C)sc12. The van der Waals surface area contributed by atoms with E-state index >= 15 is 0 Å². The number of hydrogen-bond donors (Lipinski definition) is 0. The number of carbonyl (C=O) groups excluding carboxylic acids is 1. The molecule has 5 aromatic rings. The van der Waals surface area contributed by atoms with Crippen LogP contribution in [0.25, 0.3) is 40.0 Å². The molecule has 0 aliphatic heterocycles. The van der Waals surface area contributed by atoms with E-state index in [1.165, 1.54) is 11.3 Å². The summed E-state index contributed by atoms with van der Waals surface area (Å²) >= 11 is 6.50. The van der Waals surface area contributed by atoms with Gasteiger partial charge >= 0.3 is 0 Å². The number of fused-ring (bicyclic) bond motifs is 3. The lowest BCUT2D eigenvalue weighted by Crippen LogP contribution is -1.83. The summed E-state index contributed by atoms with van der Waals surface area (Å²) in [5.74, 6) is 89.0. The number of aryl methyl sites for hydroxylation is 2. The zero-order chi connectivity index (χ0) is 43.1. The molecule has 4 aromatic heterocycles. The van der Waals surface area contributed by atoms with Crippen molar-refractivity contribution >= 4 is 81.4 Å². The van der Waals surface area contributed by atoms with Gasteiger partial charge in [0.15, 0.2) is 5.78 Å². The molecule has 0 unspecified atom stereocenters. The zero-order valence-electron chi connectivity index (χ0n) is 31.9. The molecule has 0 saturated heterocycles. The summed E-state index contributed by atoms with van der Waals surface area (Å²) in [7, 11) is 0. The normalized spacial score (nSPS) is 7.49. The summed E-state index contributed by atoms with van der Waals surface area (Å²) < 4.78 is 3.06. The summed E-state index contributed by atoms with van der Waals surface area (Å²) in [4.78, 5) is 17.4. The van der Waals surface area contributed by atoms with Crippen molar-refractivity contribution in [2.75, 3.05) is 0 Å². The van der Waals surface area contributed by atoms with Crippen molar-refractivity contribution in [2.24, 2.45) is 0 Å². The predicted octanol–water partition coefficient (Wildman–Crippen LogP) is 7.90. The topological polar surface area (TPSA) is 17.1 Å². The second kappa shape index (κ2) is 22.9. The van der Waals surface area contributed by atoms with E-state index in [4.69, 9.17) is 12.8 Å². The van der Waals surface area contributed by atoms with Gasteiger partial charge in [-0.05, 0) is 228 Å². The first-order valence-corrected chi connectivity index (χ1v) is 20.2. The van der Waals surface area contributed by atoms with Gasteiger partial charge in [0, 0.05) is 35.5 Å². The van der Waals surface area contributed by atoms with Gasteiger partial charge in [-0.1, -0.05) is 11.8 Å². The van der Waals surface area contributed by atoms with Crippen LogP contribution in [0.3, 0.4) is 0 Å². The minimum Gasteiger partial charge on any atom is -0.294 e. The lowest BCUT2D eigenvalue weighted by Gasteiger charge is -2.02. The van der Waals surface area contributed by atoms with E-state index < -0.39 is 0 Å². The maximum absolute atomic E-state index is 12.3. The third-order valence-corrected chi connectivity index (χ3v) is 12.0. The maximum atomic E-state index is 12.3. The fraction of sp³-hybridized carbons (Fsp3) is 0.0536. The molecule has 0 spiro atoms. The highest BCUT2D eigenvalue weighted by Crippen LogP contribution is 2.49. The molecule has 4 heterocycles. The molecule has 0 atom stereocenters. The first-order valence-electron chi connectivity index (χ1n) is 16.9. The van der Waals surface area contributed by atoms with E-state index in [2.05, 4.69) is 220 Å². The molecule has 0 aliphatic rings. The second-order valence-corrected chi connectivity index (χ2v) is 15.5. The largest absolute Gasteiger partial charge is 0.294 e. The molecular formula is C56H14OS4. The fourth-order valence-corrected chi connectivity index (χ4v) is 9.38. The highest BCUT2D eigenvalue weighted by atomic mass is 32.1. The average Bonchev–Trinajstić information content (AvgIpc) is 4.05. The van der Waals surface area contributed by atoms with Gasteiger partial charge in [0.05, 0.1) is 30.3 Å². The van der Waals surface area contributed by atoms with Gasteiger partial charge in [-0.2, -0.15) is 0 Å². The zero-order valence-corrected chi connectivity index (χ0v) is 35.2. The number of hydrogen-bond acceptors (Lipinski definition) is 5. The van der Waals surface area contributed by atoms with Gasteiger partial charge in [0.25, 0.3) is 0 Å². The molecule has 1 aromatic carbocycles. The minimum absolute atomic E-state index is 0.0455. The Bertz CT molecular complexity index is 3720. The van der Waals surface area contributed by atoms with Gasteiger partial charge in [-0.15, -0.1) is 58.2 Å². The van der Waals surface area contributed by atoms with Crippen LogP contribution in [0.2, 0.25) is 0 Å². The molecule has 0 saturated carbocycles. The Morgan fingerprint density at radius 2 is 0.803 bits per heavy atom. The molecule has 0 N–H and O–H groups in total. The van der Waals surface area contributed by atoms with E-state index in [0.29, 0.717) is 0 Å². The number of benzene rings is 1. The second-order valence-electron chi connectivity index (χ2n) is 10.9. The Kier molecular flexibility index (Phi) is 16.1. The van der Waals surface area contributed by atoms with Crippen LogP contribution in [0.4, 0.5) is 0 Å². The summed E-state index contributed by atoms with van der Waals surface area (Å²) in [6.45, 7) is 5.72. The third kappa shape index (κ3) is 12.3. The molecule has 0 aliphatic carbocycles. The standard InChI is InChI=1S/C56H14OS4/c1-6-8-10-12-14-16-18-20-22-24-26-28-30-32-34-36-38-46-48-40-43(3)58-54(48)47(39-37-35-33-31-29-27-25-23-21-19-17-15-13-11-9-7-2)49-41-52(61-55(46)49)56-50-42-51(44(4)57)60-53(50)45(5)59-56/h1-2,40-42H,3-5H3. The number of terminal acetylenes is 2. The molecule has 1 nitrogen and oxygen atoms in total. The molecule has 5 rings (SSSR count). The third-order valence-electron chi connectivity index (χ3n) is 6.97. The monoisotopic (exact) mass is 830 g/mol. The van der Waals surface area contributed by atoms with Crippen LogP contribution in [-0.4, -0.2) is 5.78 Å². The highest BCUT2D eigenvalue weighted by Gasteiger charge is 2.21. The van der Waals surface area contributed by atoms with Crippen LogP contribution in [-0.2, 0) is 0 Å². The first-order chi connectivity index (χ1) is 29.9. The van der Waals surface area contributed by atoms with Crippen molar-refractivity contribution in [1.29, 1.82) is 0 Å². The molecule has 0 radical (unpaired) electrons. The highest BCUT2D eigenvalue weighted by molar-refractivity contribution is 7.30. The van der Waals surface area contributed by atoms with Crippen molar-refractivity contribution in [1.82, 2.24) is 0 Å². The molecule has 0 fully saturated rings. The van der Waals surface area contributed by atoms with E-state index in [1.807, 2.05) is 13.0 Å². The molecule has 5 heteroatoms. The molecule has 268 valence electrons. The summed E-state index contributed by atoms with van der Waals surface area (Å²) in [6.07, 6.45) is 10.0. The van der Waals surface area contributed by atoms with E-state index in [0.717, 1.165) is 65.8 Å². The van der Waals surface area contributed by atoms with E-state index in [1.54, 1.807) is 40.9 Å². The molecule has 0 amide bonds. The van der Waals surface area contributed by atoms with E-state index in [9.17, 15) is 4.79 Å². The van der Waals surface area contributed by atoms with Crippen molar-refractivity contribution in [3.05, 3.63) is 44.0 Å². The Hall–Kier alpha value is -9.45. The van der Waals surface area contributed by atoms with Crippen molar-refractivity contribution in [3.63, 3.8) is 0 Å². The Morgan fingerprint density at radius 1 is 0.426 bits per heavy atom. The minimum atomic E-state index is 0.0455. The van der Waals surface area contributed by atoms with Crippen LogP contribution in [0.1, 0.15) is 37.5 Å². The molecule has 61 heavy (non-hydrogen) atoms. The van der Waals surface area contributed by atoms with Crippen LogP contribution >= 0.6 is 45.3 Å². The smallest absolute Gasteiger partial charge is 0.169 e. The van der Waals surface area contributed by atoms with Crippen molar-refractivity contribution in [3.8, 4) is 224 Å². The lowest BCUT2D eigenvalue weighted by molar-refractivity contribution is 0.102. The van der Waals surface area contributed by atoms with Crippen LogP contribution in [0.5, 0.6) is 0 Å². The number of carbonyl (C=O) groups is 1. The number of rotatable bonds is 2. The van der Waals surface area contributed by atoms with Crippen LogP contribution in [0.15, 0.2) is 18.2 Å². The first kappa shape index (κ1) is 42.7. The maximum Gasteiger partial charge on any atom is 0.169 e. The van der Waals surface area contributed by atoms with Gasteiger partial charge in [0.1, 0.15) is 0 Å². The number of ketones is 1. The Morgan fingerprint density at radius 3 is 1.21 bits per heavy atom. The molecular weight excluding hydrogens is 817 g/mol. The van der Waals surface area contributed by atoms with Crippen molar-refractivity contribution < 1.29 is 4.79 Å². The lowest BCUT2D eigenvalue weighted by atomic mass is 10.0. The van der Waals surface area contributed by atoms with Crippen LogP contribution in [0, 0.1) is 228 Å². The van der Waals surface area contributed by atoms with Gasteiger partial charge in [-0.25, -0.2) is 0 Å². The number of Topliss-reactive ketones (excluding diaryl/α,β-unsaturated/α-hetero) is 1. The van der Waals surface area contributed by atoms with Gasteiger partial charge < -0.3 is 0 Å². The Balaban J connectivity index is 1.50. The summed E-state index contributed by atoms with van der Waals surface area (Å²) in [5, 5.41) is 2.97. The van der Waals surface area contributed by atoms with Crippen molar-refractivity contribution in [2.45, 2.75) is 20.8 Å². The Labute approximate surface area is 372 Å². The quantitative estimate of drug-likeness (QED) is 0.131. The van der Waals surface area contributed by atoms with Crippen LogP contribution < -0.4 is 0 Å². The van der Waals surface area contributed by atoms with Gasteiger partial charge in [0.2, 0.25) is 0 Å². The summed E-state index contributed by atoms with van der Waals surface area (Å²) in [6, 6.07) is 6.26.